The number of oxime groups is 1. The average Bonchev–Trinajstić information content (AvgIpc) is 3.14. The Labute approximate surface area is 209 Å². The molecule has 1 amide bonds. The molecule has 194 valence electrons. The molecule has 4 aliphatic carbocycles. The van der Waals surface area contributed by atoms with E-state index in [4.69, 9.17) is 9.57 Å². The zero-order chi connectivity index (χ0) is 25.4. The third-order valence-corrected chi connectivity index (χ3v) is 7.44. The van der Waals surface area contributed by atoms with Crippen molar-refractivity contribution in [1.29, 1.82) is 0 Å². The van der Waals surface area contributed by atoms with Gasteiger partial charge in [-0.05, 0) is 69.6 Å². The summed E-state index contributed by atoms with van der Waals surface area (Å²) >= 11 is 0. The van der Waals surface area contributed by atoms with Gasteiger partial charge in [0.1, 0.15) is 12.2 Å². The molecule has 5 rings (SSSR count). The lowest BCUT2D eigenvalue weighted by Crippen LogP contribution is -2.61. The van der Waals surface area contributed by atoms with Gasteiger partial charge in [-0.3, -0.25) is 4.79 Å². The second-order valence-electron chi connectivity index (χ2n) is 12.3. The fraction of sp³-hybridized carbons (Fsp3) is 0.741. The summed E-state index contributed by atoms with van der Waals surface area (Å²) in [4.78, 5) is 18.9. The van der Waals surface area contributed by atoms with Crippen LogP contribution in [0.2, 0.25) is 0 Å². The van der Waals surface area contributed by atoms with Gasteiger partial charge in [-0.25, -0.2) is 4.68 Å². The highest BCUT2D eigenvalue weighted by atomic mass is 16.6. The molecule has 0 aliphatic heterocycles. The third-order valence-electron chi connectivity index (χ3n) is 7.44. The number of carbonyl (C=O) groups is 1. The van der Waals surface area contributed by atoms with Gasteiger partial charge >= 0.3 is 0 Å². The number of rotatable bonds is 10. The Morgan fingerprint density at radius 1 is 1.31 bits per heavy atom. The SMILES string of the molecule is CC(C)=NOCC(C)(C)/C=C/n1ncc(C(=O)N[C@H]2C3CC4CC2C[C@](O)(C4)C3)c1OCC(C)C. The number of hydrogen-bond acceptors (Lipinski definition) is 6. The van der Waals surface area contributed by atoms with Gasteiger partial charge in [0.25, 0.3) is 5.91 Å². The van der Waals surface area contributed by atoms with E-state index in [1.54, 1.807) is 10.9 Å². The van der Waals surface area contributed by atoms with Crippen LogP contribution in [0.15, 0.2) is 17.4 Å². The van der Waals surface area contributed by atoms with E-state index in [2.05, 4.69) is 43.3 Å². The molecule has 4 fully saturated rings. The minimum absolute atomic E-state index is 0.106. The molecule has 0 aromatic carbocycles. The molecule has 1 aromatic rings. The Bertz CT molecular complexity index is 960. The van der Waals surface area contributed by atoms with Gasteiger partial charge in [-0.15, -0.1) is 0 Å². The fourth-order valence-electron chi connectivity index (χ4n) is 6.10. The van der Waals surface area contributed by atoms with Crippen molar-refractivity contribution in [3.63, 3.8) is 0 Å². The maximum Gasteiger partial charge on any atom is 0.258 e. The van der Waals surface area contributed by atoms with E-state index in [0.717, 1.165) is 37.8 Å². The van der Waals surface area contributed by atoms with E-state index in [1.165, 1.54) is 0 Å². The van der Waals surface area contributed by atoms with Crippen molar-refractivity contribution in [3.8, 4) is 5.88 Å². The average molecular weight is 487 g/mol. The first-order valence-corrected chi connectivity index (χ1v) is 13.0. The van der Waals surface area contributed by atoms with Gasteiger partial charge < -0.3 is 20.0 Å². The maximum atomic E-state index is 13.4. The second-order valence-corrected chi connectivity index (χ2v) is 12.3. The lowest BCUT2D eigenvalue weighted by Gasteiger charge is -2.58. The molecular formula is C27H42N4O4. The molecule has 0 spiro atoms. The van der Waals surface area contributed by atoms with Crippen molar-refractivity contribution in [2.45, 2.75) is 85.3 Å². The zero-order valence-corrected chi connectivity index (χ0v) is 22.1. The molecule has 0 radical (unpaired) electrons. The van der Waals surface area contributed by atoms with E-state index < -0.39 is 5.60 Å². The first-order valence-electron chi connectivity index (χ1n) is 13.0. The number of aromatic nitrogens is 2. The number of nitrogens with one attached hydrogen (secondary N) is 1. The smallest absolute Gasteiger partial charge is 0.258 e. The van der Waals surface area contributed by atoms with Crippen molar-refractivity contribution < 1.29 is 19.5 Å². The first-order chi connectivity index (χ1) is 16.4. The number of aliphatic hydroxyl groups is 1. The van der Waals surface area contributed by atoms with Crippen LogP contribution in [0.3, 0.4) is 0 Å². The number of carbonyl (C=O) groups excluding carboxylic acids is 1. The predicted octanol–water partition coefficient (Wildman–Crippen LogP) is 4.50. The van der Waals surface area contributed by atoms with Crippen LogP contribution in [0.25, 0.3) is 6.20 Å². The lowest BCUT2D eigenvalue weighted by atomic mass is 9.52. The van der Waals surface area contributed by atoms with E-state index in [0.29, 0.717) is 48.3 Å². The van der Waals surface area contributed by atoms with Crippen molar-refractivity contribution >= 4 is 17.8 Å². The molecule has 4 bridgehead atoms. The minimum atomic E-state index is -0.517. The molecule has 4 aliphatic rings. The third kappa shape index (κ3) is 6.08. The van der Waals surface area contributed by atoms with Gasteiger partial charge in [0.2, 0.25) is 5.88 Å². The number of ether oxygens (including phenoxy) is 1. The second kappa shape index (κ2) is 9.96. The van der Waals surface area contributed by atoms with Crippen LogP contribution < -0.4 is 10.1 Å². The number of amides is 1. The van der Waals surface area contributed by atoms with Crippen molar-refractivity contribution in [3.05, 3.63) is 17.8 Å². The summed E-state index contributed by atoms with van der Waals surface area (Å²) < 4.78 is 7.72. The summed E-state index contributed by atoms with van der Waals surface area (Å²) in [6, 6.07) is 0.106. The molecule has 2 N–H and O–H groups in total. The van der Waals surface area contributed by atoms with Gasteiger partial charge in [0.05, 0.1) is 24.1 Å². The summed E-state index contributed by atoms with van der Waals surface area (Å²) in [5, 5.41) is 22.7. The van der Waals surface area contributed by atoms with Crippen LogP contribution in [-0.2, 0) is 4.84 Å². The Morgan fingerprint density at radius 2 is 2.00 bits per heavy atom. The maximum absolute atomic E-state index is 13.4. The van der Waals surface area contributed by atoms with Crippen molar-refractivity contribution in [1.82, 2.24) is 15.1 Å². The molecule has 1 aromatic heterocycles. The highest BCUT2D eigenvalue weighted by Crippen LogP contribution is 2.55. The molecule has 2 atom stereocenters. The number of hydrogen-bond donors (Lipinski definition) is 2. The van der Waals surface area contributed by atoms with Crippen LogP contribution >= 0.6 is 0 Å². The van der Waals surface area contributed by atoms with E-state index in [1.807, 2.05) is 26.1 Å². The van der Waals surface area contributed by atoms with Crippen molar-refractivity contribution in [2.24, 2.45) is 34.2 Å². The molecule has 0 saturated heterocycles. The highest BCUT2D eigenvalue weighted by Gasteiger charge is 2.55. The molecule has 1 heterocycles. The van der Waals surface area contributed by atoms with Gasteiger partial charge in [-0.1, -0.05) is 38.9 Å². The summed E-state index contributed by atoms with van der Waals surface area (Å²) in [6.45, 7) is 12.9. The first kappa shape index (κ1) is 25.7. The molecule has 8 nitrogen and oxygen atoms in total. The van der Waals surface area contributed by atoms with Crippen LogP contribution in [0.1, 0.15) is 84.0 Å². The molecule has 4 saturated carbocycles. The van der Waals surface area contributed by atoms with Crippen LogP contribution in [-0.4, -0.2) is 51.4 Å². The van der Waals surface area contributed by atoms with Gasteiger partial charge in [-0.2, -0.15) is 5.10 Å². The van der Waals surface area contributed by atoms with Crippen LogP contribution in [0, 0.1) is 29.1 Å². The Hall–Kier alpha value is -2.35. The van der Waals surface area contributed by atoms with Crippen LogP contribution in [0.5, 0.6) is 5.88 Å². The van der Waals surface area contributed by atoms with Gasteiger partial charge in [0.15, 0.2) is 0 Å². The monoisotopic (exact) mass is 486 g/mol. The lowest BCUT2D eigenvalue weighted by molar-refractivity contribution is -0.136. The van der Waals surface area contributed by atoms with Crippen LogP contribution in [0.4, 0.5) is 0 Å². The number of nitrogens with zero attached hydrogens (tertiary/aromatic N) is 3. The normalized spacial score (nSPS) is 29.6. The van der Waals surface area contributed by atoms with E-state index in [-0.39, 0.29) is 17.4 Å². The summed E-state index contributed by atoms with van der Waals surface area (Å²) in [7, 11) is 0. The van der Waals surface area contributed by atoms with E-state index in [9.17, 15) is 9.90 Å². The highest BCUT2D eigenvalue weighted by molar-refractivity contribution is 5.96. The van der Waals surface area contributed by atoms with E-state index >= 15 is 0 Å². The molecular weight excluding hydrogens is 444 g/mol. The largest absolute Gasteiger partial charge is 0.477 e. The Balaban J connectivity index is 1.49. The Morgan fingerprint density at radius 3 is 2.60 bits per heavy atom. The predicted molar refractivity (Wildman–Crippen MR) is 136 cm³/mol. The zero-order valence-electron chi connectivity index (χ0n) is 22.1. The van der Waals surface area contributed by atoms with Crippen molar-refractivity contribution in [2.75, 3.05) is 13.2 Å². The van der Waals surface area contributed by atoms with Gasteiger partial charge in [0, 0.05) is 17.7 Å². The summed E-state index contributed by atoms with van der Waals surface area (Å²) in [6.07, 6.45) is 10.1. The Kier molecular flexibility index (Phi) is 7.32. The molecule has 35 heavy (non-hydrogen) atoms. The quantitative estimate of drug-likeness (QED) is 0.375. The fourth-order valence-corrected chi connectivity index (χ4v) is 6.10. The standard InChI is InChI=1S/C27H42N4O4/c1-17(2)15-34-25-22(14-28-31(25)8-7-26(5,6)16-35-30-18(3)4)24(32)29-23-20-9-19-10-21(23)13-27(33,11-19)12-20/h7-8,14,17,19-21,23,33H,9-13,15-16H2,1-6H3,(H,29,32)/b8-7+/t19?,20?,21?,23-,27-. The molecule has 2 unspecified atom stereocenters. The molecule has 8 heteroatoms. The topological polar surface area (TPSA) is 98.0 Å². The summed E-state index contributed by atoms with van der Waals surface area (Å²) in [5.74, 6) is 1.91. The minimum Gasteiger partial charge on any atom is -0.477 e. The summed E-state index contributed by atoms with van der Waals surface area (Å²) in [5.41, 5.74) is 0.508.